The minimum absolute atomic E-state index is 0.557. The minimum atomic E-state index is 0.557. The largest absolute Gasteiger partial charge is 0.371 e. The van der Waals surface area contributed by atoms with Crippen LogP contribution in [-0.4, -0.2) is 43.9 Å². The third-order valence-electron chi connectivity index (χ3n) is 4.81. The van der Waals surface area contributed by atoms with Gasteiger partial charge >= 0.3 is 0 Å². The predicted octanol–water partition coefficient (Wildman–Crippen LogP) is 3.46. The van der Waals surface area contributed by atoms with Crippen LogP contribution in [0, 0.1) is 5.92 Å². The molecule has 0 atom stereocenters. The second-order valence-corrected chi connectivity index (χ2v) is 6.67. The van der Waals surface area contributed by atoms with Crippen molar-refractivity contribution < 1.29 is 4.79 Å². The van der Waals surface area contributed by atoms with E-state index in [4.69, 9.17) is 11.6 Å². The number of nitrogens with zero attached hydrogens (tertiary/aromatic N) is 2. The number of rotatable bonds is 4. The Bertz CT molecular complexity index is 492. The fraction of sp³-hybridized carbons (Fsp3) is 0.588. The molecule has 3 nitrogen and oxygen atoms in total. The van der Waals surface area contributed by atoms with Gasteiger partial charge in [0.15, 0.2) is 6.29 Å². The van der Waals surface area contributed by atoms with Gasteiger partial charge in [0.2, 0.25) is 0 Å². The Morgan fingerprint density at radius 3 is 2.48 bits per heavy atom. The van der Waals surface area contributed by atoms with Crippen molar-refractivity contribution in [3.63, 3.8) is 0 Å². The Morgan fingerprint density at radius 2 is 1.86 bits per heavy atom. The molecule has 0 aliphatic carbocycles. The summed E-state index contributed by atoms with van der Waals surface area (Å²) in [6.07, 6.45) is 6.07. The molecule has 0 radical (unpaired) electrons. The standard InChI is InChI=1S/C17H23ClN2O/c18-17-11-16(4-3-15(17)13-21)20-9-5-14(6-10-20)12-19-7-1-2-8-19/h3-4,11,13-14H,1-2,5-10,12H2. The van der Waals surface area contributed by atoms with Gasteiger partial charge in [-0.25, -0.2) is 0 Å². The molecule has 114 valence electrons. The van der Waals surface area contributed by atoms with Gasteiger partial charge in [0.05, 0.1) is 5.02 Å². The summed E-state index contributed by atoms with van der Waals surface area (Å²) in [6.45, 7) is 6.05. The van der Waals surface area contributed by atoms with Crippen LogP contribution in [-0.2, 0) is 0 Å². The zero-order chi connectivity index (χ0) is 14.7. The molecule has 3 rings (SSSR count). The van der Waals surface area contributed by atoms with Crippen molar-refractivity contribution in [2.75, 3.05) is 37.6 Å². The Morgan fingerprint density at radius 1 is 1.14 bits per heavy atom. The van der Waals surface area contributed by atoms with Crippen molar-refractivity contribution in [2.24, 2.45) is 5.92 Å². The van der Waals surface area contributed by atoms with Crippen molar-refractivity contribution in [1.82, 2.24) is 4.90 Å². The van der Waals surface area contributed by atoms with E-state index in [-0.39, 0.29) is 0 Å². The molecule has 0 amide bonds. The van der Waals surface area contributed by atoms with E-state index >= 15 is 0 Å². The first-order chi connectivity index (χ1) is 10.3. The first-order valence-electron chi connectivity index (χ1n) is 7.98. The van der Waals surface area contributed by atoms with E-state index in [2.05, 4.69) is 9.80 Å². The summed E-state index contributed by atoms with van der Waals surface area (Å²) in [6, 6.07) is 5.75. The number of likely N-dealkylation sites (tertiary alicyclic amines) is 1. The number of halogens is 1. The van der Waals surface area contributed by atoms with E-state index in [1.165, 1.54) is 45.3 Å². The zero-order valence-electron chi connectivity index (χ0n) is 12.4. The summed E-state index contributed by atoms with van der Waals surface area (Å²) in [5.41, 5.74) is 1.72. The SMILES string of the molecule is O=Cc1ccc(N2CCC(CN3CCCC3)CC2)cc1Cl. The van der Waals surface area contributed by atoms with E-state index in [9.17, 15) is 4.79 Å². The van der Waals surface area contributed by atoms with Gasteiger partial charge in [-0.15, -0.1) is 0 Å². The lowest BCUT2D eigenvalue weighted by Gasteiger charge is -2.35. The molecule has 0 bridgehead atoms. The molecule has 2 aliphatic heterocycles. The molecule has 0 unspecified atom stereocenters. The van der Waals surface area contributed by atoms with Crippen molar-refractivity contribution in [2.45, 2.75) is 25.7 Å². The van der Waals surface area contributed by atoms with Gasteiger partial charge in [0, 0.05) is 30.9 Å². The van der Waals surface area contributed by atoms with E-state index < -0.39 is 0 Å². The lowest BCUT2D eigenvalue weighted by molar-refractivity contribution is 0.112. The Hall–Kier alpha value is -1.06. The average molecular weight is 307 g/mol. The third kappa shape index (κ3) is 3.58. The van der Waals surface area contributed by atoms with Crippen molar-refractivity contribution in [3.05, 3.63) is 28.8 Å². The molecule has 2 saturated heterocycles. The number of hydrogen-bond acceptors (Lipinski definition) is 3. The molecule has 1 aromatic carbocycles. The number of aldehydes is 1. The molecule has 2 aliphatic rings. The molecule has 0 spiro atoms. The number of benzene rings is 1. The molecule has 21 heavy (non-hydrogen) atoms. The van der Waals surface area contributed by atoms with Gasteiger partial charge < -0.3 is 9.80 Å². The van der Waals surface area contributed by atoms with Gasteiger partial charge in [-0.05, 0) is 62.9 Å². The first-order valence-corrected chi connectivity index (χ1v) is 8.36. The third-order valence-corrected chi connectivity index (χ3v) is 5.13. The van der Waals surface area contributed by atoms with Crippen LogP contribution in [0.3, 0.4) is 0 Å². The summed E-state index contributed by atoms with van der Waals surface area (Å²) >= 11 is 6.13. The summed E-state index contributed by atoms with van der Waals surface area (Å²) < 4.78 is 0. The molecular weight excluding hydrogens is 284 g/mol. The average Bonchev–Trinajstić information content (AvgIpc) is 3.01. The first kappa shape index (κ1) is 14.9. The van der Waals surface area contributed by atoms with Crippen LogP contribution in [0.15, 0.2) is 18.2 Å². The summed E-state index contributed by atoms with van der Waals surface area (Å²) in [4.78, 5) is 15.8. The second-order valence-electron chi connectivity index (χ2n) is 6.26. The zero-order valence-corrected chi connectivity index (χ0v) is 13.2. The van der Waals surface area contributed by atoms with Crippen molar-refractivity contribution in [3.8, 4) is 0 Å². The van der Waals surface area contributed by atoms with E-state index in [1.807, 2.05) is 18.2 Å². The van der Waals surface area contributed by atoms with Crippen LogP contribution >= 0.6 is 11.6 Å². The highest BCUT2D eigenvalue weighted by Crippen LogP contribution is 2.27. The van der Waals surface area contributed by atoms with Crippen molar-refractivity contribution >= 4 is 23.6 Å². The Labute approximate surface area is 131 Å². The fourth-order valence-electron chi connectivity index (χ4n) is 3.51. The van der Waals surface area contributed by atoms with Crippen LogP contribution < -0.4 is 4.90 Å². The van der Waals surface area contributed by atoms with Crippen LogP contribution in [0.2, 0.25) is 5.02 Å². The lowest BCUT2D eigenvalue weighted by Crippen LogP contribution is -2.38. The molecule has 0 saturated carbocycles. The Kier molecular flexibility index (Phi) is 4.81. The van der Waals surface area contributed by atoms with Crippen LogP contribution in [0.25, 0.3) is 0 Å². The Balaban J connectivity index is 1.55. The highest BCUT2D eigenvalue weighted by Gasteiger charge is 2.23. The monoisotopic (exact) mass is 306 g/mol. The van der Waals surface area contributed by atoms with E-state index in [0.717, 1.165) is 31.0 Å². The number of piperidine rings is 1. The molecule has 0 aromatic heterocycles. The van der Waals surface area contributed by atoms with Gasteiger partial charge in [-0.3, -0.25) is 4.79 Å². The number of hydrogen-bond donors (Lipinski definition) is 0. The summed E-state index contributed by atoms with van der Waals surface area (Å²) in [5.74, 6) is 0.837. The number of anilines is 1. The van der Waals surface area contributed by atoms with Crippen LogP contribution in [0.1, 0.15) is 36.0 Å². The molecule has 0 N–H and O–H groups in total. The molecule has 4 heteroatoms. The smallest absolute Gasteiger partial charge is 0.151 e. The second kappa shape index (κ2) is 6.80. The van der Waals surface area contributed by atoms with Crippen LogP contribution in [0.5, 0.6) is 0 Å². The summed E-state index contributed by atoms with van der Waals surface area (Å²) in [5, 5.41) is 0.557. The van der Waals surface area contributed by atoms with E-state index in [0.29, 0.717) is 10.6 Å². The van der Waals surface area contributed by atoms with Gasteiger partial charge in [0.25, 0.3) is 0 Å². The van der Waals surface area contributed by atoms with Crippen molar-refractivity contribution in [1.29, 1.82) is 0 Å². The maximum absolute atomic E-state index is 10.8. The fourth-order valence-corrected chi connectivity index (χ4v) is 3.73. The maximum atomic E-state index is 10.8. The lowest BCUT2D eigenvalue weighted by atomic mass is 9.96. The topological polar surface area (TPSA) is 23.6 Å². The van der Waals surface area contributed by atoms with Gasteiger partial charge in [-0.2, -0.15) is 0 Å². The maximum Gasteiger partial charge on any atom is 0.151 e. The summed E-state index contributed by atoms with van der Waals surface area (Å²) in [7, 11) is 0. The van der Waals surface area contributed by atoms with Gasteiger partial charge in [-0.1, -0.05) is 11.6 Å². The van der Waals surface area contributed by atoms with E-state index in [1.54, 1.807) is 0 Å². The molecular formula is C17H23ClN2O. The molecule has 2 heterocycles. The highest BCUT2D eigenvalue weighted by atomic mass is 35.5. The highest BCUT2D eigenvalue weighted by molar-refractivity contribution is 6.33. The minimum Gasteiger partial charge on any atom is -0.371 e. The molecule has 2 fully saturated rings. The number of carbonyl (C=O) groups is 1. The van der Waals surface area contributed by atoms with Crippen LogP contribution in [0.4, 0.5) is 5.69 Å². The normalized spacial score (nSPS) is 20.9. The molecule has 1 aromatic rings. The van der Waals surface area contributed by atoms with Gasteiger partial charge in [0.1, 0.15) is 0 Å². The number of carbonyl (C=O) groups excluding carboxylic acids is 1. The predicted molar refractivity (Wildman–Crippen MR) is 87.5 cm³/mol. The quantitative estimate of drug-likeness (QED) is 0.796.